The molecule has 0 atom stereocenters. The van der Waals surface area contributed by atoms with Gasteiger partial charge >= 0.3 is 0 Å². The second-order valence-corrected chi connectivity index (χ2v) is 9.83. The summed E-state index contributed by atoms with van der Waals surface area (Å²) in [4.78, 5) is 19.6. The number of nitrogens with zero attached hydrogens (tertiary/aromatic N) is 2. The van der Waals surface area contributed by atoms with E-state index in [0.717, 1.165) is 29.4 Å². The number of fused-ring (bicyclic) bond motifs is 1. The van der Waals surface area contributed by atoms with E-state index in [1.807, 2.05) is 36.4 Å². The number of aryl methyl sites for hydroxylation is 1. The first kappa shape index (κ1) is 20.6. The Balaban J connectivity index is 1.24. The van der Waals surface area contributed by atoms with Crippen molar-refractivity contribution in [2.24, 2.45) is 5.92 Å². The van der Waals surface area contributed by atoms with Crippen LogP contribution in [0.1, 0.15) is 28.8 Å². The number of hydrogen-bond donors (Lipinski definition) is 2. The molecule has 1 aliphatic heterocycles. The number of nitrogens with one attached hydrogen (secondary N) is 2. The molecule has 2 N–H and O–H groups in total. The molecule has 0 unspecified atom stereocenters. The molecule has 7 nitrogen and oxygen atoms in total. The fourth-order valence-electron chi connectivity index (χ4n) is 3.83. The van der Waals surface area contributed by atoms with Crippen LogP contribution in [0.25, 0.3) is 11.0 Å². The maximum atomic E-state index is 12.6. The summed E-state index contributed by atoms with van der Waals surface area (Å²) in [5, 5.41) is 2.98. The van der Waals surface area contributed by atoms with E-state index in [-0.39, 0.29) is 17.6 Å². The van der Waals surface area contributed by atoms with E-state index < -0.39 is 10.0 Å². The van der Waals surface area contributed by atoms with Gasteiger partial charge in [0.1, 0.15) is 0 Å². The maximum absolute atomic E-state index is 12.6. The molecule has 1 saturated heterocycles. The van der Waals surface area contributed by atoms with Crippen LogP contribution in [-0.2, 0) is 16.4 Å². The number of aromatic nitrogens is 2. The van der Waals surface area contributed by atoms with Crippen molar-refractivity contribution in [1.29, 1.82) is 0 Å². The fourth-order valence-corrected chi connectivity index (χ4v) is 5.35. The number of aromatic amines is 1. The molecule has 0 bridgehead atoms. The van der Waals surface area contributed by atoms with Crippen LogP contribution in [0.15, 0.2) is 54.9 Å². The smallest absolute Gasteiger partial charge is 0.251 e. The third kappa shape index (κ3) is 4.88. The van der Waals surface area contributed by atoms with Crippen molar-refractivity contribution in [2.45, 2.75) is 19.3 Å². The van der Waals surface area contributed by atoms with Gasteiger partial charge in [0.2, 0.25) is 10.0 Å². The minimum absolute atomic E-state index is 0.121. The highest BCUT2D eigenvalue weighted by atomic mass is 32.2. The normalized spacial score (nSPS) is 16.0. The summed E-state index contributed by atoms with van der Waals surface area (Å²) in [6.45, 7) is 1.58. The van der Waals surface area contributed by atoms with Crippen molar-refractivity contribution >= 4 is 27.0 Å². The van der Waals surface area contributed by atoms with Gasteiger partial charge in [0.05, 0.1) is 23.1 Å². The lowest BCUT2D eigenvalue weighted by atomic mass is 9.98. The highest BCUT2D eigenvalue weighted by Gasteiger charge is 2.28. The van der Waals surface area contributed by atoms with Crippen molar-refractivity contribution in [1.82, 2.24) is 19.6 Å². The number of imidazole rings is 1. The number of sulfonamides is 1. The first-order valence-corrected chi connectivity index (χ1v) is 11.9. The minimum atomic E-state index is -3.26. The van der Waals surface area contributed by atoms with Crippen LogP contribution in [0.2, 0.25) is 0 Å². The van der Waals surface area contributed by atoms with Crippen molar-refractivity contribution in [3.8, 4) is 0 Å². The number of benzene rings is 2. The van der Waals surface area contributed by atoms with Gasteiger partial charge in [-0.2, -0.15) is 0 Å². The Morgan fingerprint density at radius 1 is 1.13 bits per heavy atom. The topological polar surface area (TPSA) is 95.2 Å². The Bertz CT molecular complexity index is 1100. The minimum Gasteiger partial charge on any atom is -0.352 e. The van der Waals surface area contributed by atoms with Crippen LogP contribution in [-0.4, -0.2) is 54.0 Å². The van der Waals surface area contributed by atoms with Gasteiger partial charge in [0, 0.05) is 25.2 Å². The third-order valence-corrected chi connectivity index (χ3v) is 7.56. The second kappa shape index (κ2) is 8.97. The zero-order chi connectivity index (χ0) is 21.0. The second-order valence-electron chi connectivity index (χ2n) is 7.74. The van der Waals surface area contributed by atoms with Gasteiger partial charge in [-0.25, -0.2) is 17.7 Å². The fraction of sp³-hybridized carbons (Fsp3) is 0.364. The van der Waals surface area contributed by atoms with Gasteiger partial charge in [0.25, 0.3) is 5.91 Å². The summed E-state index contributed by atoms with van der Waals surface area (Å²) in [5.41, 5.74) is 3.28. The van der Waals surface area contributed by atoms with Gasteiger partial charge < -0.3 is 10.3 Å². The van der Waals surface area contributed by atoms with Gasteiger partial charge in [-0.3, -0.25) is 4.79 Å². The monoisotopic (exact) mass is 426 g/mol. The van der Waals surface area contributed by atoms with Crippen LogP contribution in [0.5, 0.6) is 0 Å². The Morgan fingerprint density at radius 3 is 2.67 bits per heavy atom. The number of carbonyl (C=O) groups is 1. The van der Waals surface area contributed by atoms with Crippen LogP contribution in [0, 0.1) is 5.92 Å². The van der Waals surface area contributed by atoms with E-state index in [0.29, 0.717) is 31.6 Å². The molecule has 4 rings (SSSR count). The highest BCUT2D eigenvalue weighted by Crippen LogP contribution is 2.20. The molecule has 8 heteroatoms. The average molecular weight is 427 g/mol. The summed E-state index contributed by atoms with van der Waals surface area (Å²) < 4.78 is 26.9. The maximum Gasteiger partial charge on any atom is 0.251 e. The number of piperidine rings is 1. The van der Waals surface area contributed by atoms with Crippen molar-refractivity contribution in [2.75, 3.05) is 25.4 Å². The summed E-state index contributed by atoms with van der Waals surface area (Å²) in [7, 11) is -3.26. The molecule has 1 aromatic heterocycles. The number of hydrogen-bond acceptors (Lipinski definition) is 4. The molecule has 0 saturated carbocycles. The number of H-pyrrole nitrogens is 1. The molecule has 0 aliphatic carbocycles. The standard InChI is InChI=1S/C22H26N4O3S/c27-22(19-6-7-20-21(14-19)25-16-24-20)23-15-18-8-11-26(12-9-18)30(28,29)13-10-17-4-2-1-3-5-17/h1-7,14,16,18H,8-13,15H2,(H,23,27)(H,24,25). The van der Waals surface area contributed by atoms with E-state index in [9.17, 15) is 13.2 Å². The van der Waals surface area contributed by atoms with Crippen LogP contribution < -0.4 is 5.32 Å². The summed E-state index contributed by atoms with van der Waals surface area (Å²) in [6.07, 6.45) is 3.64. The Labute approximate surface area is 176 Å². The number of carbonyl (C=O) groups excluding carboxylic acids is 1. The molecule has 1 amide bonds. The molecule has 0 spiro atoms. The summed E-state index contributed by atoms with van der Waals surface area (Å²) in [5.74, 6) is 0.295. The van der Waals surface area contributed by atoms with Crippen LogP contribution in [0.4, 0.5) is 0 Å². The van der Waals surface area contributed by atoms with Crippen molar-refractivity contribution in [3.63, 3.8) is 0 Å². The largest absolute Gasteiger partial charge is 0.352 e. The molecule has 30 heavy (non-hydrogen) atoms. The van der Waals surface area contributed by atoms with E-state index in [4.69, 9.17) is 0 Å². The number of amides is 1. The third-order valence-electron chi connectivity index (χ3n) is 5.69. The van der Waals surface area contributed by atoms with Crippen LogP contribution >= 0.6 is 0 Å². The molecule has 158 valence electrons. The van der Waals surface area contributed by atoms with Gasteiger partial charge in [-0.15, -0.1) is 0 Å². The van der Waals surface area contributed by atoms with E-state index >= 15 is 0 Å². The molecule has 0 radical (unpaired) electrons. The highest BCUT2D eigenvalue weighted by molar-refractivity contribution is 7.89. The van der Waals surface area contributed by atoms with Crippen LogP contribution in [0.3, 0.4) is 0 Å². The first-order chi connectivity index (χ1) is 14.5. The molecular formula is C22H26N4O3S. The number of rotatable bonds is 7. The average Bonchev–Trinajstić information content (AvgIpc) is 3.25. The molecule has 1 aliphatic rings. The van der Waals surface area contributed by atoms with Gasteiger partial charge in [-0.1, -0.05) is 30.3 Å². The lowest BCUT2D eigenvalue weighted by molar-refractivity contribution is 0.0941. The first-order valence-electron chi connectivity index (χ1n) is 10.2. The van der Waals surface area contributed by atoms with Gasteiger partial charge in [0.15, 0.2) is 0 Å². The van der Waals surface area contributed by atoms with E-state index in [1.54, 1.807) is 22.8 Å². The Morgan fingerprint density at radius 2 is 1.90 bits per heavy atom. The molecular weight excluding hydrogens is 400 g/mol. The quantitative estimate of drug-likeness (QED) is 0.607. The van der Waals surface area contributed by atoms with E-state index in [2.05, 4.69) is 15.3 Å². The predicted molar refractivity (Wildman–Crippen MR) is 117 cm³/mol. The lowest BCUT2D eigenvalue weighted by Crippen LogP contribution is -2.42. The molecule has 1 fully saturated rings. The van der Waals surface area contributed by atoms with Crippen molar-refractivity contribution in [3.05, 3.63) is 66.0 Å². The Kier molecular flexibility index (Phi) is 6.15. The SMILES string of the molecule is O=C(NCC1CCN(S(=O)(=O)CCc2ccccc2)CC1)c1ccc2nc[nH]c2c1. The van der Waals surface area contributed by atoms with Crippen molar-refractivity contribution < 1.29 is 13.2 Å². The Hall–Kier alpha value is -2.71. The summed E-state index contributed by atoms with van der Waals surface area (Å²) in [6, 6.07) is 15.1. The molecule has 2 heterocycles. The molecule has 2 aromatic carbocycles. The zero-order valence-corrected chi connectivity index (χ0v) is 17.6. The van der Waals surface area contributed by atoms with Gasteiger partial charge in [-0.05, 0) is 48.9 Å². The van der Waals surface area contributed by atoms with E-state index in [1.165, 1.54) is 0 Å². The lowest BCUT2D eigenvalue weighted by Gasteiger charge is -2.31. The summed E-state index contributed by atoms with van der Waals surface area (Å²) >= 11 is 0. The zero-order valence-electron chi connectivity index (χ0n) is 16.8. The molecule has 3 aromatic rings. The predicted octanol–water partition coefficient (Wildman–Crippen LogP) is 2.58.